The van der Waals surface area contributed by atoms with Crippen molar-refractivity contribution in [2.75, 3.05) is 10.6 Å². The molecule has 0 unspecified atom stereocenters. The number of halogens is 1. The van der Waals surface area contributed by atoms with Crippen molar-refractivity contribution in [3.8, 4) is 0 Å². The summed E-state index contributed by atoms with van der Waals surface area (Å²) in [5.41, 5.74) is 1.83. The molecule has 2 aromatic rings. The third kappa shape index (κ3) is 4.04. The molecule has 0 heterocycles. The number of aromatic carboxylic acids is 1. The maximum atomic E-state index is 10.7. The number of thiocarbonyl (C=S) groups is 1. The summed E-state index contributed by atoms with van der Waals surface area (Å²) in [6.07, 6.45) is 0. The number of nitrogens with one attached hydrogen (secondary N) is 2. The monoisotopic (exact) mass is 350 g/mol. The molecule has 6 heteroatoms. The predicted molar refractivity (Wildman–Crippen MR) is 87.4 cm³/mol. The zero-order chi connectivity index (χ0) is 14.5. The topological polar surface area (TPSA) is 61.4 Å². The number of carbonyl (C=O) groups is 1. The molecule has 0 saturated heterocycles. The van der Waals surface area contributed by atoms with Gasteiger partial charge in [0.1, 0.15) is 0 Å². The maximum Gasteiger partial charge on any atom is 0.335 e. The van der Waals surface area contributed by atoms with Gasteiger partial charge in [-0.05, 0) is 60.7 Å². The second kappa shape index (κ2) is 6.49. The van der Waals surface area contributed by atoms with Gasteiger partial charge in [0.05, 0.1) is 5.56 Å². The Morgan fingerprint density at radius 3 is 1.85 bits per heavy atom. The second-order valence-electron chi connectivity index (χ2n) is 3.97. The van der Waals surface area contributed by atoms with Crippen molar-refractivity contribution in [1.82, 2.24) is 0 Å². The molecule has 0 aromatic heterocycles. The molecule has 0 amide bonds. The fraction of sp³-hybridized carbons (Fsp3) is 0. The average Bonchev–Trinajstić information content (AvgIpc) is 2.42. The zero-order valence-corrected chi connectivity index (χ0v) is 12.7. The maximum absolute atomic E-state index is 10.7. The van der Waals surface area contributed by atoms with Crippen molar-refractivity contribution in [3.63, 3.8) is 0 Å². The highest BCUT2D eigenvalue weighted by Crippen LogP contribution is 2.15. The minimum Gasteiger partial charge on any atom is -0.478 e. The van der Waals surface area contributed by atoms with Crippen LogP contribution in [0.3, 0.4) is 0 Å². The summed E-state index contributed by atoms with van der Waals surface area (Å²) in [6.45, 7) is 0. The van der Waals surface area contributed by atoms with Gasteiger partial charge in [0, 0.05) is 15.8 Å². The Hall–Kier alpha value is -1.92. The van der Waals surface area contributed by atoms with E-state index in [0.717, 1.165) is 15.8 Å². The van der Waals surface area contributed by atoms with Gasteiger partial charge in [0.15, 0.2) is 5.11 Å². The Morgan fingerprint density at radius 1 is 0.950 bits per heavy atom. The van der Waals surface area contributed by atoms with Crippen LogP contribution in [0, 0.1) is 0 Å². The van der Waals surface area contributed by atoms with E-state index in [1.165, 1.54) is 12.1 Å². The number of anilines is 2. The molecule has 0 aliphatic carbocycles. The minimum absolute atomic E-state index is 0.238. The number of carboxylic acids is 1. The number of hydrogen-bond acceptors (Lipinski definition) is 2. The zero-order valence-electron chi connectivity index (χ0n) is 10.3. The van der Waals surface area contributed by atoms with Crippen LogP contribution in [0.4, 0.5) is 11.4 Å². The van der Waals surface area contributed by atoms with Crippen LogP contribution in [-0.4, -0.2) is 16.2 Å². The molecular weight excluding hydrogens is 340 g/mol. The fourth-order valence-corrected chi connectivity index (χ4v) is 2.02. The van der Waals surface area contributed by atoms with Crippen LogP contribution in [0.5, 0.6) is 0 Å². The summed E-state index contributed by atoms with van der Waals surface area (Å²) in [6, 6.07) is 14.0. The van der Waals surface area contributed by atoms with E-state index in [1.807, 2.05) is 24.3 Å². The first kappa shape index (κ1) is 14.5. The Kier molecular flexibility index (Phi) is 4.70. The molecule has 0 aliphatic rings. The van der Waals surface area contributed by atoms with Crippen molar-refractivity contribution >= 4 is 50.6 Å². The smallest absolute Gasteiger partial charge is 0.335 e. The van der Waals surface area contributed by atoms with Crippen molar-refractivity contribution in [2.24, 2.45) is 0 Å². The molecule has 0 aliphatic heterocycles. The molecule has 2 rings (SSSR count). The molecule has 20 heavy (non-hydrogen) atoms. The molecule has 3 N–H and O–H groups in total. The predicted octanol–water partition coefficient (Wildman–Crippen LogP) is 3.96. The number of carboxylic acid groups (broad SMARTS) is 1. The minimum atomic E-state index is -0.952. The molecular formula is C14H11BrN2O2S. The van der Waals surface area contributed by atoms with Gasteiger partial charge >= 0.3 is 5.97 Å². The van der Waals surface area contributed by atoms with E-state index in [2.05, 4.69) is 26.6 Å². The highest BCUT2D eigenvalue weighted by Gasteiger charge is 2.03. The fourth-order valence-electron chi connectivity index (χ4n) is 1.52. The lowest BCUT2D eigenvalue weighted by Gasteiger charge is -2.10. The van der Waals surface area contributed by atoms with E-state index in [9.17, 15) is 4.79 Å². The summed E-state index contributed by atoms with van der Waals surface area (Å²) < 4.78 is 0.992. The van der Waals surface area contributed by atoms with Crippen LogP contribution < -0.4 is 10.6 Å². The number of hydrogen-bond donors (Lipinski definition) is 3. The molecule has 102 valence electrons. The normalized spacial score (nSPS) is 9.85. The molecule has 0 spiro atoms. The summed E-state index contributed by atoms with van der Waals surface area (Å²) in [5.74, 6) is -0.952. The van der Waals surface area contributed by atoms with Crippen molar-refractivity contribution in [2.45, 2.75) is 0 Å². The molecule has 0 fully saturated rings. The molecule has 0 radical (unpaired) electrons. The summed E-state index contributed by atoms with van der Waals surface area (Å²) >= 11 is 8.54. The standard InChI is InChI=1S/C14H11BrN2O2S/c15-10-3-7-12(8-4-10)17-14(20)16-11-5-1-9(2-6-11)13(18)19/h1-8H,(H,18,19)(H2,16,17,20). The third-order valence-electron chi connectivity index (χ3n) is 2.49. The highest BCUT2D eigenvalue weighted by atomic mass is 79.9. The van der Waals surface area contributed by atoms with E-state index >= 15 is 0 Å². The quantitative estimate of drug-likeness (QED) is 0.731. The van der Waals surface area contributed by atoms with E-state index in [1.54, 1.807) is 12.1 Å². The molecule has 0 atom stereocenters. The van der Waals surface area contributed by atoms with E-state index in [4.69, 9.17) is 17.3 Å². The van der Waals surface area contributed by atoms with E-state index in [-0.39, 0.29) is 5.56 Å². The van der Waals surface area contributed by atoms with Crippen LogP contribution >= 0.6 is 28.1 Å². The molecule has 4 nitrogen and oxygen atoms in total. The first-order chi connectivity index (χ1) is 9.54. The van der Waals surface area contributed by atoms with Crippen LogP contribution in [0.2, 0.25) is 0 Å². The van der Waals surface area contributed by atoms with Gasteiger partial charge in [0.25, 0.3) is 0 Å². The van der Waals surface area contributed by atoms with Crippen LogP contribution in [0.15, 0.2) is 53.0 Å². The van der Waals surface area contributed by atoms with Crippen LogP contribution in [0.1, 0.15) is 10.4 Å². The van der Waals surface area contributed by atoms with Crippen molar-refractivity contribution < 1.29 is 9.90 Å². The van der Waals surface area contributed by atoms with Gasteiger partial charge in [-0.3, -0.25) is 0 Å². The van der Waals surface area contributed by atoms with E-state index < -0.39 is 5.97 Å². The van der Waals surface area contributed by atoms with Gasteiger partial charge in [0.2, 0.25) is 0 Å². The van der Waals surface area contributed by atoms with Crippen LogP contribution in [-0.2, 0) is 0 Å². The summed E-state index contributed by atoms with van der Waals surface area (Å²) in [7, 11) is 0. The van der Waals surface area contributed by atoms with Gasteiger partial charge < -0.3 is 15.7 Å². The molecule has 0 bridgehead atoms. The largest absolute Gasteiger partial charge is 0.478 e. The highest BCUT2D eigenvalue weighted by molar-refractivity contribution is 9.10. The van der Waals surface area contributed by atoms with Crippen LogP contribution in [0.25, 0.3) is 0 Å². The van der Waals surface area contributed by atoms with Gasteiger partial charge in [-0.25, -0.2) is 4.79 Å². The lowest BCUT2D eigenvalue weighted by atomic mass is 10.2. The Balaban J connectivity index is 1.97. The number of rotatable bonds is 3. The first-order valence-corrected chi connectivity index (χ1v) is 6.91. The average molecular weight is 351 g/mol. The Bertz CT molecular complexity index is 627. The number of benzene rings is 2. The van der Waals surface area contributed by atoms with Crippen molar-refractivity contribution in [1.29, 1.82) is 0 Å². The van der Waals surface area contributed by atoms with Gasteiger partial charge in [-0.1, -0.05) is 15.9 Å². The lowest BCUT2D eigenvalue weighted by Crippen LogP contribution is -2.19. The molecule has 2 aromatic carbocycles. The second-order valence-corrected chi connectivity index (χ2v) is 5.29. The van der Waals surface area contributed by atoms with Gasteiger partial charge in [-0.15, -0.1) is 0 Å². The van der Waals surface area contributed by atoms with Gasteiger partial charge in [-0.2, -0.15) is 0 Å². The third-order valence-corrected chi connectivity index (χ3v) is 3.22. The molecule has 0 saturated carbocycles. The first-order valence-electron chi connectivity index (χ1n) is 5.71. The van der Waals surface area contributed by atoms with Crippen molar-refractivity contribution in [3.05, 3.63) is 58.6 Å². The Labute approximate surface area is 130 Å². The lowest BCUT2D eigenvalue weighted by molar-refractivity contribution is 0.0697. The SMILES string of the molecule is O=C(O)c1ccc(NC(=S)Nc2ccc(Br)cc2)cc1. The van der Waals surface area contributed by atoms with E-state index in [0.29, 0.717) is 5.11 Å². The summed E-state index contributed by atoms with van der Waals surface area (Å²) in [5, 5.41) is 15.3. The summed E-state index contributed by atoms with van der Waals surface area (Å²) in [4.78, 5) is 10.7. The Morgan fingerprint density at radius 2 is 1.40 bits per heavy atom.